The fourth-order valence-corrected chi connectivity index (χ4v) is 4.49. The van der Waals surface area contributed by atoms with Gasteiger partial charge >= 0.3 is 0 Å². The Kier molecular flexibility index (Phi) is 5.67. The van der Waals surface area contributed by atoms with Crippen molar-refractivity contribution in [2.45, 2.75) is 38.8 Å². The minimum atomic E-state index is -0.332. The fraction of sp³-hybridized carbons (Fsp3) is 0.269. The third-order valence-electron chi connectivity index (χ3n) is 6.02. The zero-order valence-corrected chi connectivity index (χ0v) is 18.4. The van der Waals surface area contributed by atoms with E-state index in [9.17, 15) is 14.4 Å². The number of hydrogen-bond donors (Lipinski definition) is 0. The molecule has 0 saturated carbocycles. The van der Waals surface area contributed by atoms with Crippen LogP contribution in [-0.2, 0) is 4.79 Å². The molecule has 0 spiro atoms. The number of hydrogen-bond acceptors (Lipinski definition) is 4. The van der Waals surface area contributed by atoms with E-state index in [0.29, 0.717) is 12.1 Å². The van der Waals surface area contributed by atoms with Crippen LogP contribution in [0.5, 0.6) is 0 Å². The topological polar surface area (TPSA) is 59.7 Å². The Morgan fingerprint density at radius 2 is 1.88 bits per heavy atom. The third-order valence-corrected chi connectivity index (χ3v) is 6.02. The van der Waals surface area contributed by atoms with Crippen LogP contribution in [0, 0.1) is 24.1 Å². The number of rotatable bonds is 4. The van der Waals surface area contributed by atoms with Crippen molar-refractivity contribution >= 4 is 12.1 Å². The Labute approximate surface area is 187 Å². The average molecular weight is 429 g/mol. The Hall–Kier alpha value is -3.72. The van der Waals surface area contributed by atoms with E-state index in [1.165, 1.54) is 18.3 Å². The Balaban J connectivity index is 1.94. The van der Waals surface area contributed by atoms with Crippen molar-refractivity contribution in [1.29, 1.82) is 5.26 Å². The minimum absolute atomic E-state index is 0.0792. The SMILES string of the molecule is C=C1C=NN2C(=C1C#N)C(=O)N(C(C)C)CC2C(c1cccc(C)c1)c1cccc(F)c1. The number of benzene rings is 2. The molecule has 2 aliphatic heterocycles. The first-order chi connectivity index (χ1) is 15.3. The van der Waals surface area contributed by atoms with Crippen LogP contribution in [0.4, 0.5) is 4.39 Å². The molecule has 2 aromatic rings. The summed E-state index contributed by atoms with van der Waals surface area (Å²) >= 11 is 0. The van der Waals surface area contributed by atoms with E-state index < -0.39 is 0 Å². The first kappa shape index (κ1) is 21.5. The molecule has 32 heavy (non-hydrogen) atoms. The number of allylic oxidation sites excluding steroid dienone is 2. The molecule has 1 saturated heterocycles. The predicted octanol–water partition coefficient (Wildman–Crippen LogP) is 4.52. The number of nitriles is 1. The van der Waals surface area contributed by atoms with Crippen LogP contribution >= 0.6 is 0 Å². The van der Waals surface area contributed by atoms with Gasteiger partial charge in [0.25, 0.3) is 5.91 Å². The van der Waals surface area contributed by atoms with E-state index in [0.717, 1.165) is 16.7 Å². The predicted molar refractivity (Wildman–Crippen MR) is 122 cm³/mol. The fourth-order valence-electron chi connectivity index (χ4n) is 4.49. The molecular weight excluding hydrogens is 403 g/mol. The summed E-state index contributed by atoms with van der Waals surface area (Å²) in [6.45, 7) is 10.2. The number of aryl methyl sites for hydroxylation is 1. The van der Waals surface area contributed by atoms with Gasteiger partial charge in [0, 0.05) is 24.1 Å². The molecule has 5 nitrogen and oxygen atoms in total. The van der Waals surface area contributed by atoms with Gasteiger partial charge in [-0.05, 0) is 44.0 Å². The summed E-state index contributed by atoms with van der Waals surface area (Å²) in [5.74, 6) is -0.844. The molecule has 1 fully saturated rings. The molecule has 2 aromatic carbocycles. The normalized spacial score (nSPS) is 19.3. The number of halogens is 1. The second-order valence-corrected chi connectivity index (χ2v) is 8.52. The summed E-state index contributed by atoms with van der Waals surface area (Å²) in [7, 11) is 0. The molecule has 6 heteroatoms. The molecule has 0 N–H and O–H groups in total. The quantitative estimate of drug-likeness (QED) is 0.719. The van der Waals surface area contributed by atoms with E-state index in [2.05, 4.69) is 23.8 Å². The highest BCUT2D eigenvalue weighted by molar-refractivity contribution is 6.01. The van der Waals surface area contributed by atoms with E-state index in [1.54, 1.807) is 16.0 Å². The number of nitrogens with zero attached hydrogens (tertiary/aromatic N) is 4. The van der Waals surface area contributed by atoms with Gasteiger partial charge in [-0.15, -0.1) is 0 Å². The molecule has 162 valence electrons. The summed E-state index contributed by atoms with van der Waals surface area (Å²) in [4.78, 5) is 15.1. The van der Waals surface area contributed by atoms with Crippen LogP contribution in [-0.4, -0.2) is 40.7 Å². The van der Waals surface area contributed by atoms with Crippen molar-refractivity contribution in [3.05, 3.63) is 94.5 Å². The standard InChI is InChI=1S/C26H25FN4O/c1-16(2)30-15-23(31-25(26(30)32)22(13-28)18(4)14-29-31)24(19-8-5-7-17(3)11-19)20-9-6-10-21(27)12-20/h5-12,14,16,23-24H,4,15H2,1-3H3. The number of carbonyl (C=O) groups is 1. The number of fused-ring (bicyclic) bond motifs is 1. The number of carbonyl (C=O) groups excluding carboxylic acids is 1. The summed E-state index contributed by atoms with van der Waals surface area (Å²) in [6.07, 6.45) is 1.52. The van der Waals surface area contributed by atoms with Gasteiger partial charge in [-0.1, -0.05) is 48.5 Å². The van der Waals surface area contributed by atoms with Crippen LogP contribution in [0.15, 0.2) is 77.1 Å². The summed E-state index contributed by atoms with van der Waals surface area (Å²) in [5.41, 5.74) is 3.74. The van der Waals surface area contributed by atoms with Gasteiger partial charge in [-0.2, -0.15) is 10.4 Å². The van der Waals surface area contributed by atoms with Crippen LogP contribution in [0.1, 0.15) is 36.5 Å². The summed E-state index contributed by atoms with van der Waals surface area (Å²) in [6, 6.07) is 16.4. The second kappa shape index (κ2) is 8.43. The van der Waals surface area contributed by atoms with Crippen molar-refractivity contribution < 1.29 is 9.18 Å². The van der Waals surface area contributed by atoms with Gasteiger partial charge in [0.05, 0.1) is 17.8 Å². The molecule has 2 atom stereocenters. The number of hydrazone groups is 1. The highest BCUT2D eigenvalue weighted by Gasteiger charge is 2.44. The molecule has 0 aromatic heterocycles. The summed E-state index contributed by atoms with van der Waals surface area (Å²) < 4.78 is 14.3. The molecule has 0 bridgehead atoms. The Morgan fingerprint density at radius 1 is 1.19 bits per heavy atom. The van der Waals surface area contributed by atoms with E-state index in [-0.39, 0.29) is 41.0 Å². The largest absolute Gasteiger partial charge is 0.333 e. The van der Waals surface area contributed by atoms with Crippen molar-refractivity contribution in [3.63, 3.8) is 0 Å². The van der Waals surface area contributed by atoms with Gasteiger partial charge in [-0.3, -0.25) is 9.80 Å². The lowest BCUT2D eigenvalue weighted by Crippen LogP contribution is -2.57. The Bertz CT molecular complexity index is 1140. The van der Waals surface area contributed by atoms with Crippen LogP contribution in [0.2, 0.25) is 0 Å². The van der Waals surface area contributed by atoms with Gasteiger partial charge in [0.1, 0.15) is 17.6 Å². The summed E-state index contributed by atoms with van der Waals surface area (Å²) in [5, 5.41) is 16.0. The van der Waals surface area contributed by atoms with Gasteiger partial charge in [-0.25, -0.2) is 4.39 Å². The smallest absolute Gasteiger partial charge is 0.273 e. The molecule has 0 radical (unpaired) electrons. The monoisotopic (exact) mass is 428 g/mol. The second-order valence-electron chi connectivity index (χ2n) is 8.52. The zero-order chi connectivity index (χ0) is 23.0. The minimum Gasteiger partial charge on any atom is -0.333 e. The van der Waals surface area contributed by atoms with Gasteiger partial charge < -0.3 is 4.90 Å². The molecule has 2 heterocycles. The average Bonchev–Trinajstić information content (AvgIpc) is 2.75. The van der Waals surface area contributed by atoms with Crippen molar-refractivity contribution in [2.75, 3.05) is 6.54 Å². The third kappa shape index (κ3) is 3.71. The molecule has 2 aliphatic rings. The molecule has 4 rings (SSSR count). The number of piperazine rings is 1. The van der Waals surface area contributed by atoms with Gasteiger partial charge in [0.15, 0.2) is 0 Å². The van der Waals surface area contributed by atoms with Crippen LogP contribution in [0.25, 0.3) is 0 Å². The first-order valence-corrected chi connectivity index (χ1v) is 10.6. The zero-order valence-electron chi connectivity index (χ0n) is 18.4. The Morgan fingerprint density at radius 3 is 2.50 bits per heavy atom. The van der Waals surface area contributed by atoms with Crippen molar-refractivity contribution in [3.8, 4) is 6.07 Å². The first-order valence-electron chi connectivity index (χ1n) is 10.6. The van der Waals surface area contributed by atoms with Crippen LogP contribution < -0.4 is 0 Å². The lowest BCUT2D eigenvalue weighted by atomic mass is 9.82. The molecular formula is C26H25FN4O. The molecule has 0 aliphatic carbocycles. The van der Waals surface area contributed by atoms with E-state index >= 15 is 0 Å². The highest BCUT2D eigenvalue weighted by Crippen LogP contribution is 2.39. The number of amides is 1. The van der Waals surface area contributed by atoms with Crippen molar-refractivity contribution in [2.24, 2.45) is 5.10 Å². The van der Waals surface area contributed by atoms with Crippen molar-refractivity contribution in [1.82, 2.24) is 9.91 Å². The maximum absolute atomic E-state index is 14.3. The van der Waals surface area contributed by atoms with E-state index in [1.807, 2.05) is 45.0 Å². The van der Waals surface area contributed by atoms with E-state index in [4.69, 9.17) is 0 Å². The maximum atomic E-state index is 14.3. The van der Waals surface area contributed by atoms with Gasteiger partial charge in [0.2, 0.25) is 0 Å². The molecule has 2 unspecified atom stereocenters. The molecule has 1 amide bonds. The lowest BCUT2D eigenvalue weighted by molar-refractivity contribution is -0.135. The lowest BCUT2D eigenvalue weighted by Gasteiger charge is -2.46. The maximum Gasteiger partial charge on any atom is 0.273 e. The van der Waals surface area contributed by atoms with Crippen LogP contribution in [0.3, 0.4) is 0 Å². The highest BCUT2D eigenvalue weighted by atomic mass is 19.1.